The molecule has 0 saturated heterocycles. The molecule has 0 bridgehead atoms. The van der Waals surface area contributed by atoms with Gasteiger partial charge in [0.05, 0.1) is 0 Å². The third kappa shape index (κ3) is 3.96. The van der Waals surface area contributed by atoms with E-state index >= 15 is 0 Å². The second-order valence-electron chi connectivity index (χ2n) is 0.604. The second-order valence-corrected chi connectivity index (χ2v) is 0.604. The summed E-state index contributed by atoms with van der Waals surface area (Å²) in [7, 11) is 0. The predicted molar refractivity (Wildman–Crippen MR) is 24.2 cm³/mol. The largest absolute Gasteiger partial charge is 0.317 e. The van der Waals surface area contributed by atoms with Crippen molar-refractivity contribution in [1.82, 2.24) is 5.32 Å². The summed E-state index contributed by atoms with van der Waals surface area (Å²) < 4.78 is 40.4. The fourth-order valence-corrected chi connectivity index (χ4v) is 0.0625. The Balaban J connectivity index is 3.44. The van der Waals surface area contributed by atoms with E-state index in [-0.39, 0.29) is 13.1 Å². The monoisotopic (exact) mass is 79.1 g/mol. The minimum Gasteiger partial charge on any atom is -0.317 e. The van der Waals surface area contributed by atoms with E-state index in [0.29, 0.717) is 0 Å². The highest BCUT2D eigenvalue weighted by molar-refractivity contribution is 4.27. The lowest BCUT2D eigenvalue weighted by atomic mass is 10.7. The molecule has 0 aliphatic rings. The minimum absolute atomic E-state index is 0.259. The lowest BCUT2D eigenvalue weighted by molar-refractivity contribution is 0.762. The lowest BCUT2D eigenvalue weighted by Crippen LogP contribution is -2.09. The Morgan fingerprint density at radius 3 is 2.60 bits per heavy atom. The first-order chi connectivity index (χ1) is 4.71. The van der Waals surface area contributed by atoms with Crippen molar-refractivity contribution >= 4 is 0 Å². The Kier molecular flexibility index (Phi) is 0.621. The van der Waals surface area contributed by atoms with Gasteiger partial charge in [-0.05, 0) is 13.1 Å². The molecule has 32 valence electrons. The second kappa shape index (κ2) is 3.96. The van der Waals surface area contributed by atoms with Crippen LogP contribution >= 0.6 is 0 Å². The summed E-state index contributed by atoms with van der Waals surface area (Å²) in [6.45, 7) is -4.70. The molecule has 1 nitrogen and oxygen atoms in total. The van der Waals surface area contributed by atoms with E-state index in [0.717, 1.165) is 0 Å². The molecule has 0 unspecified atom stereocenters. The Bertz CT molecular complexity index is 98.7. The van der Waals surface area contributed by atoms with Crippen LogP contribution in [0.3, 0.4) is 0 Å². The van der Waals surface area contributed by atoms with Crippen LogP contribution in [0.15, 0.2) is 0 Å². The van der Waals surface area contributed by atoms with Gasteiger partial charge in [-0.2, -0.15) is 0 Å². The Labute approximate surface area is 41.8 Å². The molecule has 0 spiro atoms. The molecular formula is C4H11N. The minimum atomic E-state index is -2.09. The maximum Gasteiger partial charge on any atom is 0.0243 e. The zero-order chi connectivity index (χ0) is 9.12. The van der Waals surface area contributed by atoms with Gasteiger partial charge in [-0.25, -0.2) is 0 Å². The molecule has 0 fully saturated rings. The van der Waals surface area contributed by atoms with Gasteiger partial charge in [0.1, 0.15) is 0 Å². The fraction of sp³-hybridized carbons (Fsp3) is 1.00. The van der Waals surface area contributed by atoms with E-state index in [2.05, 4.69) is 5.32 Å². The molecule has 0 heterocycles. The van der Waals surface area contributed by atoms with E-state index in [1.54, 1.807) is 0 Å². The average molecular weight is 79.2 g/mol. The van der Waals surface area contributed by atoms with Gasteiger partial charge in [0.25, 0.3) is 0 Å². The highest BCUT2D eigenvalue weighted by Crippen LogP contribution is 1.47. The van der Waals surface area contributed by atoms with Gasteiger partial charge in [-0.1, -0.05) is 13.7 Å². The first-order valence-electron chi connectivity index (χ1n) is 4.41. The molecule has 0 amide bonds. The average Bonchev–Trinajstić information content (AvgIpc) is 1.55. The van der Waals surface area contributed by atoms with Crippen molar-refractivity contribution in [2.75, 3.05) is 13.1 Å². The van der Waals surface area contributed by atoms with Crippen molar-refractivity contribution in [2.45, 2.75) is 13.7 Å². The summed E-state index contributed by atoms with van der Waals surface area (Å²) >= 11 is 0. The van der Waals surface area contributed by atoms with Crippen LogP contribution in [0.4, 0.5) is 0 Å². The summed E-state index contributed by atoms with van der Waals surface area (Å²) in [5.74, 6) is 0. The van der Waals surface area contributed by atoms with Crippen molar-refractivity contribution in [3.8, 4) is 0 Å². The summed E-state index contributed by atoms with van der Waals surface area (Å²) in [6, 6.07) is 0. The van der Waals surface area contributed by atoms with Gasteiger partial charge in [-0.15, -0.1) is 0 Å². The Morgan fingerprint density at radius 1 is 1.60 bits per heavy atom. The van der Waals surface area contributed by atoms with Crippen molar-refractivity contribution in [1.29, 1.82) is 0 Å². The molecule has 0 aliphatic carbocycles. The molecule has 5 heavy (non-hydrogen) atoms. The van der Waals surface area contributed by atoms with Crippen molar-refractivity contribution < 1.29 is 8.22 Å². The van der Waals surface area contributed by atoms with Crippen molar-refractivity contribution in [3.63, 3.8) is 0 Å². The molecule has 0 radical (unpaired) electrons. The smallest absolute Gasteiger partial charge is 0.0243 e. The van der Waals surface area contributed by atoms with E-state index < -0.39 is 13.7 Å². The molecule has 0 aromatic carbocycles. The van der Waals surface area contributed by atoms with Gasteiger partial charge in [0, 0.05) is 8.22 Å². The first kappa shape index (κ1) is 0.784. The van der Waals surface area contributed by atoms with Gasteiger partial charge in [0.15, 0.2) is 0 Å². The van der Waals surface area contributed by atoms with Crippen molar-refractivity contribution in [3.05, 3.63) is 0 Å². The van der Waals surface area contributed by atoms with Gasteiger partial charge in [0.2, 0.25) is 0 Å². The summed E-state index contributed by atoms with van der Waals surface area (Å²) in [5.41, 5.74) is 0. The first-order valence-corrected chi connectivity index (χ1v) is 1.41. The maximum atomic E-state index is 6.73. The van der Waals surface area contributed by atoms with Crippen LogP contribution in [0.5, 0.6) is 0 Å². The third-order valence-electron chi connectivity index (χ3n) is 0.250. The molecule has 0 aliphatic heterocycles. The summed E-state index contributed by atoms with van der Waals surface area (Å²) in [6.07, 6.45) is 0. The zero-order valence-corrected chi connectivity index (χ0v) is 2.91. The SMILES string of the molecule is [2H]C([2H])([2H])CNCC([2H])([2H])[2H]. The number of hydrogen-bond acceptors (Lipinski definition) is 1. The van der Waals surface area contributed by atoms with Crippen LogP contribution in [0, 0.1) is 0 Å². The van der Waals surface area contributed by atoms with Crippen LogP contribution in [0.1, 0.15) is 21.9 Å². The topological polar surface area (TPSA) is 12.0 Å². The van der Waals surface area contributed by atoms with E-state index in [1.165, 1.54) is 0 Å². The predicted octanol–water partition coefficient (Wildman–Crippen LogP) is 0.616. The lowest BCUT2D eigenvalue weighted by Gasteiger charge is -1.86. The van der Waals surface area contributed by atoms with Gasteiger partial charge >= 0.3 is 0 Å². The molecule has 0 atom stereocenters. The molecule has 0 aromatic rings. The summed E-state index contributed by atoms with van der Waals surface area (Å²) in [4.78, 5) is 0. The van der Waals surface area contributed by atoms with E-state index in [1.807, 2.05) is 0 Å². The molecule has 0 saturated carbocycles. The quantitative estimate of drug-likeness (QED) is 0.511. The molecular weight excluding hydrogens is 62.1 g/mol. The Hall–Kier alpha value is -0.0400. The molecule has 0 aromatic heterocycles. The zero-order valence-electron chi connectivity index (χ0n) is 8.91. The normalized spacial score (nSPS) is 31.2. The van der Waals surface area contributed by atoms with Crippen LogP contribution in [0.25, 0.3) is 0 Å². The molecule has 0 rings (SSSR count). The molecule has 1 heteroatoms. The van der Waals surface area contributed by atoms with Crippen LogP contribution < -0.4 is 5.32 Å². The highest BCUT2D eigenvalue weighted by Gasteiger charge is 1.62. The van der Waals surface area contributed by atoms with Crippen LogP contribution in [-0.2, 0) is 0 Å². The fourth-order valence-electron chi connectivity index (χ4n) is 0.0625. The van der Waals surface area contributed by atoms with Crippen LogP contribution in [-0.4, -0.2) is 13.1 Å². The third-order valence-corrected chi connectivity index (χ3v) is 0.250. The van der Waals surface area contributed by atoms with Crippen LogP contribution in [0.2, 0.25) is 0 Å². The van der Waals surface area contributed by atoms with Crippen molar-refractivity contribution in [2.24, 2.45) is 0 Å². The maximum absolute atomic E-state index is 6.73. The number of nitrogens with one attached hydrogen (secondary N) is 1. The molecule has 1 N–H and O–H groups in total. The van der Waals surface area contributed by atoms with E-state index in [4.69, 9.17) is 8.22 Å². The highest BCUT2D eigenvalue weighted by atomic mass is 14.8. The summed E-state index contributed by atoms with van der Waals surface area (Å²) in [5, 5.41) is 2.34. The number of hydrogen-bond donors (Lipinski definition) is 1. The van der Waals surface area contributed by atoms with Gasteiger partial charge < -0.3 is 5.32 Å². The Morgan fingerprint density at radius 2 is 2.20 bits per heavy atom. The van der Waals surface area contributed by atoms with Gasteiger partial charge in [-0.3, -0.25) is 0 Å². The standard InChI is InChI=1S/C4H11N/c1-3-5-4-2/h5H,3-4H2,1-2H3/i1D3,2D3. The number of rotatable bonds is 2. The van der Waals surface area contributed by atoms with E-state index in [9.17, 15) is 0 Å².